The largest absolute Gasteiger partial charge is 0.393 e. The van der Waals surface area contributed by atoms with E-state index in [0.717, 1.165) is 13.9 Å². The molecule has 0 saturated carbocycles. The highest BCUT2D eigenvalue weighted by Gasteiger charge is 2.05. The van der Waals surface area contributed by atoms with Gasteiger partial charge in [0.15, 0.2) is 0 Å². The molecule has 0 aliphatic rings. The SMILES string of the molecule is Nc1c(=O)[nH]cc2cc(Br)sc12. The number of nitrogens with two attached hydrogens (primary N) is 1. The highest BCUT2D eigenvalue weighted by atomic mass is 79.9. The van der Waals surface area contributed by atoms with Gasteiger partial charge in [-0.3, -0.25) is 4.79 Å². The van der Waals surface area contributed by atoms with Gasteiger partial charge >= 0.3 is 0 Å². The first-order valence-corrected chi connectivity index (χ1v) is 4.85. The summed E-state index contributed by atoms with van der Waals surface area (Å²) in [4.78, 5) is 13.6. The molecule has 0 aromatic carbocycles. The fourth-order valence-corrected chi connectivity index (χ4v) is 2.57. The van der Waals surface area contributed by atoms with Gasteiger partial charge in [0.1, 0.15) is 5.69 Å². The molecule has 0 aliphatic heterocycles. The van der Waals surface area contributed by atoms with Crippen molar-refractivity contribution in [3.05, 3.63) is 26.4 Å². The van der Waals surface area contributed by atoms with Gasteiger partial charge in [0.2, 0.25) is 0 Å². The maximum Gasteiger partial charge on any atom is 0.272 e. The minimum absolute atomic E-state index is 0.225. The number of halogens is 1. The first-order chi connectivity index (χ1) is 5.68. The van der Waals surface area contributed by atoms with E-state index >= 15 is 0 Å². The molecule has 2 aromatic rings. The summed E-state index contributed by atoms with van der Waals surface area (Å²) in [7, 11) is 0. The molecular weight excluding hydrogens is 240 g/mol. The maximum atomic E-state index is 11.1. The molecule has 2 rings (SSSR count). The number of aromatic amines is 1. The summed E-state index contributed by atoms with van der Waals surface area (Å²) < 4.78 is 1.81. The number of pyridine rings is 1. The standard InChI is InChI=1S/C7H5BrN2OS/c8-4-1-3-2-10-7(11)5(9)6(3)12-4/h1-2H,9H2,(H,10,11). The van der Waals surface area contributed by atoms with E-state index in [2.05, 4.69) is 20.9 Å². The molecule has 0 fully saturated rings. The summed E-state index contributed by atoms with van der Waals surface area (Å²) in [5.41, 5.74) is 5.65. The smallest absolute Gasteiger partial charge is 0.272 e. The van der Waals surface area contributed by atoms with Crippen molar-refractivity contribution in [3.63, 3.8) is 0 Å². The Bertz CT molecular complexity index is 488. The second-order valence-electron chi connectivity index (χ2n) is 2.37. The van der Waals surface area contributed by atoms with Crippen LogP contribution in [0.4, 0.5) is 5.69 Å². The quantitative estimate of drug-likeness (QED) is 0.745. The van der Waals surface area contributed by atoms with E-state index in [9.17, 15) is 4.79 Å². The molecule has 0 unspecified atom stereocenters. The average molecular weight is 245 g/mol. The van der Waals surface area contributed by atoms with Gasteiger partial charge in [0, 0.05) is 11.6 Å². The van der Waals surface area contributed by atoms with E-state index in [4.69, 9.17) is 5.73 Å². The van der Waals surface area contributed by atoms with Crippen molar-refractivity contribution in [2.45, 2.75) is 0 Å². The van der Waals surface area contributed by atoms with Crippen LogP contribution in [0.2, 0.25) is 0 Å². The zero-order valence-electron chi connectivity index (χ0n) is 5.93. The van der Waals surface area contributed by atoms with Gasteiger partial charge in [0.25, 0.3) is 5.56 Å². The van der Waals surface area contributed by atoms with Crippen LogP contribution in [0.1, 0.15) is 0 Å². The second kappa shape index (κ2) is 2.60. The topological polar surface area (TPSA) is 58.9 Å². The molecule has 0 atom stereocenters. The summed E-state index contributed by atoms with van der Waals surface area (Å²) in [6, 6.07) is 1.92. The Hall–Kier alpha value is -0.810. The normalized spacial score (nSPS) is 10.8. The van der Waals surface area contributed by atoms with Crippen LogP contribution in [0, 0.1) is 0 Å². The minimum Gasteiger partial charge on any atom is -0.393 e. The first kappa shape index (κ1) is 7.82. The monoisotopic (exact) mass is 244 g/mol. The van der Waals surface area contributed by atoms with Crippen LogP contribution in [0.5, 0.6) is 0 Å². The molecule has 12 heavy (non-hydrogen) atoms. The number of hydrogen-bond acceptors (Lipinski definition) is 3. The molecular formula is C7H5BrN2OS. The van der Waals surface area contributed by atoms with Crippen molar-refractivity contribution in [2.75, 3.05) is 5.73 Å². The lowest BCUT2D eigenvalue weighted by atomic mass is 10.3. The van der Waals surface area contributed by atoms with Crippen LogP contribution in [0.15, 0.2) is 20.8 Å². The molecule has 62 valence electrons. The van der Waals surface area contributed by atoms with Crippen LogP contribution in [0.25, 0.3) is 10.1 Å². The third-order valence-corrected chi connectivity index (χ3v) is 3.27. The third kappa shape index (κ3) is 1.05. The van der Waals surface area contributed by atoms with Crippen molar-refractivity contribution in [1.29, 1.82) is 0 Å². The van der Waals surface area contributed by atoms with Crippen molar-refractivity contribution < 1.29 is 0 Å². The number of nitrogen functional groups attached to an aromatic ring is 1. The van der Waals surface area contributed by atoms with Crippen molar-refractivity contribution in [3.8, 4) is 0 Å². The van der Waals surface area contributed by atoms with Gasteiger partial charge in [-0.1, -0.05) is 0 Å². The van der Waals surface area contributed by atoms with Gasteiger partial charge in [0.05, 0.1) is 8.49 Å². The molecule has 0 radical (unpaired) electrons. The Labute approximate surface area is 80.3 Å². The number of hydrogen-bond donors (Lipinski definition) is 2. The molecule has 2 aromatic heterocycles. The van der Waals surface area contributed by atoms with Crippen LogP contribution < -0.4 is 11.3 Å². The Morgan fingerprint density at radius 2 is 2.33 bits per heavy atom. The number of anilines is 1. The molecule has 3 N–H and O–H groups in total. The molecule has 5 heteroatoms. The number of fused-ring (bicyclic) bond motifs is 1. The molecule has 2 heterocycles. The van der Waals surface area contributed by atoms with Crippen LogP contribution in [0.3, 0.4) is 0 Å². The Morgan fingerprint density at radius 1 is 1.58 bits per heavy atom. The van der Waals surface area contributed by atoms with Gasteiger partial charge in [-0.25, -0.2) is 0 Å². The minimum atomic E-state index is -0.225. The van der Waals surface area contributed by atoms with Gasteiger partial charge in [-0.2, -0.15) is 0 Å². The highest BCUT2D eigenvalue weighted by Crippen LogP contribution is 2.31. The highest BCUT2D eigenvalue weighted by molar-refractivity contribution is 9.11. The Kier molecular flexibility index (Phi) is 1.69. The lowest BCUT2D eigenvalue weighted by Gasteiger charge is -1.91. The number of rotatable bonds is 0. The molecule has 0 amide bonds. The van der Waals surface area contributed by atoms with Gasteiger partial charge in [-0.05, 0) is 22.0 Å². The first-order valence-electron chi connectivity index (χ1n) is 3.24. The van der Waals surface area contributed by atoms with Gasteiger partial charge in [-0.15, -0.1) is 11.3 Å². The number of thiophene rings is 1. The van der Waals surface area contributed by atoms with Gasteiger partial charge < -0.3 is 10.7 Å². The zero-order valence-corrected chi connectivity index (χ0v) is 8.33. The number of aromatic nitrogens is 1. The summed E-state index contributed by atoms with van der Waals surface area (Å²) >= 11 is 4.79. The predicted molar refractivity (Wildman–Crippen MR) is 54.6 cm³/mol. The fourth-order valence-electron chi connectivity index (χ4n) is 1.02. The Balaban J connectivity index is 2.99. The van der Waals surface area contributed by atoms with E-state index in [1.807, 2.05) is 6.07 Å². The second-order valence-corrected chi connectivity index (χ2v) is 4.80. The summed E-state index contributed by atoms with van der Waals surface area (Å²) in [5.74, 6) is 0. The fraction of sp³-hybridized carbons (Fsp3) is 0. The van der Waals surface area contributed by atoms with Crippen LogP contribution in [-0.2, 0) is 0 Å². The molecule has 3 nitrogen and oxygen atoms in total. The van der Waals surface area contributed by atoms with Crippen LogP contribution in [-0.4, -0.2) is 4.98 Å². The van der Waals surface area contributed by atoms with E-state index in [0.29, 0.717) is 5.69 Å². The lowest BCUT2D eigenvalue weighted by molar-refractivity contribution is 1.28. The van der Waals surface area contributed by atoms with E-state index in [-0.39, 0.29) is 5.56 Å². The zero-order chi connectivity index (χ0) is 8.72. The molecule has 0 bridgehead atoms. The molecule has 0 spiro atoms. The van der Waals surface area contributed by atoms with Crippen LogP contribution >= 0.6 is 27.3 Å². The van der Waals surface area contributed by atoms with E-state index in [1.54, 1.807) is 6.20 Å². The summed E-state index contributed by atoms with van der Waals surface area (Å²) in [6.07, 6.45) is 1.66. The van der Waals surface area contributed by atoms with E-state index in [1.165, 1.54) is 11.3 Å². The summed E-state index contributed by atoms with van der Waals surface area (Å²) in [6.45, 7) is 0. The van der Waals surface area contributed by atoms with Crippen molar-refractivity contribution in [1.82, 2.24) is 4.98 Å². The van der Waals surface area contributed by atoms with Crippen molar-refractivity contribution >= 4 is 43.0 Å². The average Bonchev–Trinajstić information content (AvgIpc) is 2.39. The number of nitrogens with one attached hydrogen (secondary N) is 1. The Morgan fingerprint density at radius 3 is 3.08 bits per heavy atom. The number of H-pyrrole nitrogens is 1. The van der Waals surface area contributed by atoms with E-state index < -0.39 is 0 Å². The maximum absolute atomic E-state index is 11.1. The lowest BCUT2D eigenvalue weighted by Crippen LogP contribution is -2.09. The predicted octanol–water partition coefficient (Wildman–Crippen LogP) is 1.93. The third-order valence-electron chi connectivity index (χ3n) is 1.58. The molecule has 0 saturated heterocycles. The van der Waals surface area contributed by atoms with Crippen molar-refractivity contribution in [2.24, 2.45) is 0 Å². The summed E-state index contributed by atoms with van der Waals surface area (Å²) in [5, 5.41) is 0.962. The molecule has 0 aliphatic carbocycles.